The minimum atomic E-state index is -4.72. The number of ether oxygens (including phenoxy) is 1. The first-order valence-electron chi connectivity index (χ1n) is 10.5. The van der Waals surface area contributed by atoms with Crippen molar-refractivity contribution in [2.24, 2.45) is 0 Å². The molecule has 0 aliphatic carbocycles. The summed E-state index contributed by atoms with van der Waals surface area (Å²) in [5.41, 5.74) is 2.71. The van der Waals surface area contributed by atoms with E-state index in [0.29, 0.717) is 17.7 Å². The number of carbonyl (C=O) groups is 1. The van der Waals surface area contributed by atoms with Crippen molar-refractivity contribution in [2.45, 2.75) is 31.1 Å². The Kier molecular flexibility index (Phi) is 5.32. The summed E-state index contributed by atoms with van der Waals surface area (Å²) in [5, 5.41) is 6.84. The molecule has 1 amide bonds. The number of fused-ring (bicyclic) bond motifs is 1. The van der Waals surface area contributed by atoms with Gasteiger partial charge in [-0.05, 0) is 42.3 Å². The maximum atomic E-state index is 13.4. The molecule has 1 fully saturated rings. The van der Waals surface area contributed by atoms with Crippen molar-refractivity contribution >= 4 is 5.91 Å². The van der Waals surface area contributed by atoms with Crippen molar-refractivity contribution in [3.05, 3.63) is 65.0 Å². The monoisotopic (exact) mass is 458 g/mol. The van der Waals surface area contributed by atoms with Crippen molar-refractivity contribution in [2.75, 3.05) is 20.2 Å². The van der Waals surface area contributed by atoms with E-state index in [2.05, 4.69) is 20.0 Å². The highest BCUT2D eigenvalue weighted by Crippen LogP contribution is 2.36. The average molecular weight is 458 g/mol. The van der Waals surface area contributed by atoms with Gasteiger partial charge in [0, 0.05) is 36.2 Å². The molecule has 1 N–H and O–H groups in total. The van der Waals surface area contributed by atoms with E-state index in [1.807, 2.05) is 29.2 Å². The molecule has 33 heavy (non-hydrogen) atoms. The molecule has 7 nitrogen and oxygen atoms in total. The van der Waals surface area contributed by atoms with Gasteiger partial charge in [-0.25, -0.2) is 0 Å². The van der Waals surface area contributed by atoms with Crippen molar-refractivity contribution in [3.63, 3.8) is 0 Å². The maximum absolute atomic E-state index is 13.4. The van der Waals surface area contributed by atoms with E-state index in [9.17, 15) is 18.0 Å². The van der Waals surface area contributed by atoms with Crippen LogP contribution in [0.1, 0.15) is 39.7 Å². The molecule has 1 saturated heterocycles. The summed E-state index contributed by atoms with van der Waals surface area (Å²) in [6.45, 7) is 1.99. The number of rotatable bonds is 4. The quantitative estimate of drug-likeness (QED) is 0.640. The number of piperidine rings is 1. The number of carbonyl (C=O) groups excluding carboxylic acids is 1. The van der Waals surface area contributed by atoms with Crippen LogP contribution in [0, 0.1) is 0 Å². The van der Waals surface area contributed by atoms with Gasteiger partial charge in [-0.3, -0.25) is 4.79 Å². The molecule has 10 heteroatoms. The van der Waals surface area contributed by atoms with E-state index >= 15 is 0 Å². The highest BCUT2D eigenvalue weighted by molar-refractivity contribution is 5.99. The average Bonchev–Trinajstić information content (AvgIpc) is 3.45. The fraction of sp³-hybridized carbons (Fsp3) is 0.348. The number of halogens is 3. The third kappa shape index (κ3) is 3.95. The molecule has 172 valence electrons. The lowest BCUT2D eigenvalue weighted by atomic mass is 9.86. The van der Waals surface area contributed by atoms with Crippen LogP contribution in [-0.4, -0.2) is 47.2 Å². The number of nitrogens with one attached hydrogen (secondary N) is 1. The molecule has 2 aliphatic heterocycles. The van der Waals surface area contributed by atoms with Gasteiger partial charge in [0.25, 0.3) is 5.91 Å². The van der Waals surface area contributed by atoms with Crippen LogP contribution in [0.5, 0.6) is 5.75 Å². The van der Waals surface area contributed by atoms with Gasteiger partial charge in [0.1, 0.15) is 5.75 Å². The van der Waals surface area contributed by atoms with E-state index in [4.69, 9.17) is 4.74 Å². The summed E-state index contributed by atoms with van der Waals surface area (Å²) in [6.07, 6.45) is -3.93. The third-order valence-electron chi connectivity index (χ3n) is 6.26. The second-order valence-corrected chi connectivity index (χ2v) is 8.17. The molecule has 0 saturated carbocycles. The van der Waals surface area contributed by atoms with Gasteiger partial charge >= 0.3 is 12.1 Å². The zero-order valence-corrected chi connectivity index (χ0v) is 17.7. The molecule has 2 aliphatic rings. The lowest BCUT2D eigenvalue weighted by Crippen LogP contribution is -2.48. The number of alkyl halides is 3. The van der Waals surface area contributed by atoms with Crippen molar-refractivity contribution < 1.29 is 27.2 Å². The molecule has 1 aromatic heterocycles. The van der Waals surface area contributed by atoms with Gasteiger partial charge in [0.15, 0.2) is 0 Å². The Balaban J connectivity index is 1.41. The van der Waals surface area contributed by atoms with Crippen LogP contribution in [0.4, 0.5) is 13.2 Å². The van der Waals surface area contributed by atoms with Crippen LogP contribution in [0.15, 0.2) is 47.0 Å². The number of hydrogen-bond donors (Lipinski definition) is 1. The first-order valence-corrected chi connectivity index (χ1v) is 10.5. The van der Waals surface area contributed by atoms with Gasteiger partial charge in [0.05, 0.1) is 7.11 Å². The number of aromatic nitrogens is 2. The predicted octanol–water partition coefficient (Wildman–Crippen LogP) is 3.87. The SMILES string of the molecule is COc1ccc([C@@H]2CNCC[C@H]2N2Cc3ccc(-c4noc(C(F)(F)F)n4)cc3C2=O)cc1. The fourth-order valence-corrected chi connectivity index (χ4v) is 4.60. The normalized spacial score (nSPS) is 20.7. The second kappa shape index (κ2) is 8.18. The van der Waals surface area contributed by atoms with Crippen LogP contribution in [0.25, 0.3) is 11.4 Å². The summed E-state index contributed by atoms with van der Waals surface area (Å²) in [4.78, 5) is 18.7. The Labute approximate surface area is 187 Å². The molecular weight excluding hydrogens is 437 g/mol. The van der Waals surface area contributed by atoms with Crippen LogP contribution in [0.3, 0.4) is 0 Å². The molecule has 0 radical (unpaired) electrons. The number of amides is 1. The van der Waals surface area contributed by atoms with Gasteiger partial charge in [-0.15, -0.1) is 0 Å². The molecule has 3 aromatic rings. The molecule has 2 aromatic carbocycles. The van der Waals surface area contributed by atoms with Crippen molar-refractivity contribution in [1.82, 2.24) is 20.4 Å². The Morgan fingerprint density at radius 1 is 1.18 bits per heavy atom. The standard InChI is InChI=1S/C23H21F3N4O3/c1-32-16-6-4-13(5-7-16)18-11-27-9-8-19(18)30-12-15-3-2-14(10-17(15)21(30)31)20-28-22(33-29-20)23(24,25)26/h2-7,10,18-19,27H,8-9,11-12H2,1H3/t18-,19+/m0/s1. The molecule has 0 bridgehead atoms. The van der Waals surface area contributed by atoms with Crippen molar-refractivity contribution in [3.8, 4) is 17.1 Å². The zero-order valence-electron chi connectivity index (χ0n) is 17.7. The second-order valence-electron chi connectivity index (χ2n) is 8.17. The van der Waals surface area contributed by atoms with E-state index in [-0.39, 0.29) is 23.7 Å². The Morgan fingerprint density at radius 2 is 1.97 bits per heavy atom. The smallest absolute Gasteiger partial charge is 0.471 e. The summed E-state index contributed by atoms with van der Waals surface area (Å²) in [5.74, 6) is -0.880. The predicted molar refractivity (Wildman–Crippen MR) is 112 cm³/mol. The fourth-order valence-electron chi connectivity index (χ4n) is 4.60. The van der Waals surface area contributed by atoms with Crippen LogP contribution in [-0.2, 0) is 12.7 Å². The van der Waals surface area contributed by atoms with Gasteiger partial charge in [-0.2, -0.15) is 18.2 Å². The van der Waals surface area contributed by atoms with Crippen LogP contribution in [0.2, 0.25) is 0 Å². The number of benzene rings is 2. The zero-order chi connectivity index (χ0) is 23.2. The first kappa shape index (κ1) is 21.4. The Hall–Kier alpha value is -3.40. The number of methoxy groups -OCH3 is 1. The lowest BCUT2D eigenvalue weighted by Gasteiger charge is -2.38. The number of nitrogens with zero attached hydrogens (tertiary/aromatic N) is 3. The molecule has 3 heterocycles. The van der Waals surface area contributed by atoms with Crippen LogP contribution >= 0.6 is 0 Å². The van der Waals surface area contributed by atoms with Gasteiger partial charge in [0.2, 0.25) is 5.82 Å². The molecule has 0 spiro atoms. The Bertz CT molecular complexity index is 1180. The highest BCUT2D eigenvalue weighted by Gasteiger charge is 2.40. The van der Waals surface area contributed by atoms with Gasteiger partial charge in [-0.1, -0.05) is 29.4 Å². The summed E-state index contributed by atoms with van der Waals surface area (Å²) in [7, 11) is 1.62. The molecular formula is C23H21F3N4O3. The summed E-state index contributed by atoms with van der Waals surface area (Å²) >= 11 is 0. The van der Waals surface area contributed by atoms with E-state index in [0.717, 1.165) is 36.4 Å². The van der Waals surface area contributed by atoms with E-state index in [1.165, 1.54) is 0 Å². The first-order chi connectivity index (χ1) is 15.8. The van der Waals surface area contributed by atoms with Crippen molar-refractivity contribution in [1.29, 1.82) is 0 Å². The Morgan fingerprint density at radius 3 is 2.67 bits per heavy atom. The molecule has 5 rings (SSSR count). The van der Waals surface area contributed by atoms with E-state index < -0.39 is 12.1 Å². The largest absolute Gasteiger partial charge is 0.497 e. The van der Waals surface area contributed by atoms with Crippen LogP contribution < -0.4 is 10.1 Å². The highest BCUT2D eigenvalue weighted by atomic mass is 19.4. The molecule has 2 atom stereocenters. The maximum Gasteiger partial charge on any atom is 0.471 e. The number of hydrogen-bond acceptors (Lipinski definition) is 6. The van der Waals surface area contributed by atoms with Gasteiger partial charge < -0.3 is 19.5 Å². The minimum absolute atomic E-state index is 0.00926. The summed E-state index contributed by atoms with van der Waals surface area (Å²) < 4.78 is 48.0. The topological polar surface area (TPSA) is 80.5 Å². The summed E-state index contributed by atoms with van der Waals surface area (Å²) in [6, 6.07) is 12.8. The minimum Gasteiger partial charge on any atom is -0.497 e. The third-order valence-corrected chi connectivity index (χ3v) is 6.26. The van der Waals surface area contributed by atoms with E-state index in [1.54, 1.807) is 25.3 Å². The molecule has 0 unspecified atom stereocenters. The lowest BCUT2D eigenvalue weighted by molar-refractivity contribution is -0.159.